The maximum Gasteiger partial charge on any atom is 0.410 e. The number of carbonyl (C=O) groups excluding carboxylic acids is 1. The predicted molar refractivity (Wildman–Crippen MR) is 83.4 cm³/mol. The molecule has 22 heavy (non-hydrogen) atoms. The Balaban J connectivity index is 1.67. The van der Waals surface area contributed by atoms with Crippen molar-refractivity contribution in [3.05, 3.63) is 18.2 Å². The van der Waals surface area contributed by atoms with Crippen molar-refractivity contribution < 1.29 is 14.3 Å². The zero-order valence-electron chi connectivity index (χ0n) is 14.0. The number of piperidine rings is 1. The predicted octanol–water partition coefficient (Wildman–Crippen LogP) is 2.58. The molecule has 2 heterocycles. The number of aromatic nitrogens is 2. The van der Waals surface area contributed by atoms with Crippen LogP contribution >= 0.6 is 0 Å². The van der Waals surface area contributed by atoms with Gasteiger partial charge in [-0.2, -0.15) is 0 Å². The van der Waals surface area contributed by atoms with Gasteiger partial charge in [0.1, 0.15) is 5.60 Å². The fourth-order valence-corrected chi connectivity index (χ4v) is 2.46. The quantitative estimate of drug-likeness (QED) is 0.858. The molecule has 0 aliphatic carbocycles. The number of hydrogen-bond acceptors (Lipinski definition) is 4. The van der Waals surface area contributed by atoms with Crippen molar-refractivity contribution in [1.82, 2.24) is 14.5 Å². The molecule has 0 aromatic carbocycles. The number of carbonyl (C=O) groups is 1. The Morgan fingerprint density at radius 3 is 2.59 bits per heavy atom. The second-order valence-corrected chi connectivity index (χ2v) is 6.92. The molecule has 1 aliphatic heterocycles. The second kappa shape index (κ2) is 7.13. The number of ether oxygens (including phenoxy) is 2. The fraction of sp³-hybridized carbons (Fsp3) is 0.750. The molecule has 1 aromatic rings. The van der Waals surface area contributed by atoms with Gasteiger partial charge in [0.2, 0.25) is 0 Å². The first kappa shape index (κ1) is 16.8. The van der Waals surface area contributed by atoms with Crippen LogP contribution in [0.2, 0.25) is 0 Å². The van der Waals surface area contributed by atoms with Crippen LogP contribution < -0.4 is 0 Å². The maximum atomic E-state index is 12.0. The number of amides is 1. The molecule has 1 amide bonds. The van der Waals surface area contributed by atoms with Crippen LogP contribution in [0.15, 0.2) is 12.5 Å². The summed E-state index contributed by atoms with van der Waals surface area (Å²) >= 11 is 0. The standard InChI is InChI=1S/C16H27N3O3/c1-16(2,3)22-15(20)19-7-5-13(6-8-19)10-21-11-14-9-17-12-18(14)4/h9,12-13H,5-8,10-11H2,1-4H3. The van der Waals surface area contributed by atoms with Gasteiger partial charge in [0.15, 0.2) is 0 Å². The van der Waals surface area contributed by atoms with E-state index in [1.165, 1.54) is 0 Å². The summed E-state index contributed by atoms with van der Waals surface area (Å²) in [6, 6.07) is 0. The van der Waals surface area contributed by atoms with Crippen LogP contribution in [-0.2, 0) is 23.1 Å². The van der Waals surface area contributed by atoms with E-state index in [-0.39, 0.29) is 6.09 Å². The van der Waals surface area contributed by atoms with E-state index in [0.29, 0.717) is 12.5 Å². The van der Waals surface area contributed by atoms with Crippen molar-refractivity contribution in [1.29, 1.82) is 0 Å². The summed E-state index contributed by atoms with van der Waals surface area (Å²) in [6.45, 7) is 8.48. The van der Waals surface area contributed by atoms with Gasteiger partial charge in [0.05, 0.1) is 31.4 Å². The van der Waals surface area contributed by atoms with Gasteiger partial charge in [-0.1, -0.05) is 0 Å². The van der Waals surface area contributed by atoms with Gasteiger partial charge in [-0.15, -0.1) is 0 Å². The van der Waals surface area contributed by atoms with Crippen molar-refractivity contribution >= 4 is 6.09 Å². The Morgan fingerprint density at radius 2 is 2.05 bits per heavy atom. The molecule has 0 spiro atoms. The van der Waals surface area contributed by atoms with Gasteiger partial charge in [0.25, 0.3) is 0 Å². The molecular weight excluding hydrogens is 282 g/mol. The van der Waals surface area contributed by atoms with Crippen molar-refractivity contribution in [3.8, 4) is 0 Å². The minimum atomic E-state index is -0.430. The third kappa shape index (κ3) is 5.02. The molecule has 1 aromatic heterocycles. The molecule has 0 atom stereocenters. The van der Waals surface area contributed by atoms with Gasteiger partial charge in [-0.3, -0.25) is 0 Å². The van der Waals surface area contributed by atoms with E-state index in [1.54, 1.807) is 11.2 Å². The Kier molecular flexibility index (Phi) is 5.45. The van der Waals surface area contributed by atoms with Crippen LogP contribution in [0.3, 0.4) is 0 Å². The molecule has 0 bridgehead atoms. The Bertz CT molecular complexity index is 485. The molecule has 0 radical (unpaired) electrons. The average molecular weight is 309 g/mol. The fourth-order valence-electron chi connectivity index (χ4n) is 2.46. The lowest BCUT2D eigenvalue weighted by atomic mass is 9.98. The zero-order chi connectivity index (χ0) is 16.2. The summed E-state index contributed by atoms with van der Waals surface area (Å²) in [6.07, 6.45) is 5.32. The van der Waals surface area contributed by atoms with Crippen molar-refractivity contribution in [3.63, 3.8) is 0 Å². The monoisotopic (exact) mass is 309 g/mol. The van der Waals surface area contributed by atoms with Crippen molar-refractivity contribution in [2.24, 2.45) is 13.0 Å². The van der Waals surface area contributed by atoms with E-state index in [1.807, 2.05) is 38.6 Å². The summed E-state index contributed by atoms with van der Waals surface area (Å²) in [4.78, 5) is 17.9. The van der Waals surface area contributed by atoms with Gasteiger partial charge in [-0.25, -0.2) is 9.78 Å². The Morgan fingerprint density at radius 1 is 1.36 bits per heavy atom. The molecule has 2 rings (SSSR count). The lowest BCUT2D eigenvalue weighted by Crippen LogP contribution is -2.42. The first-order valence-electron chi connectivity index (χ1n) is 7.86. The number of likely N-dealkylation sites (tertiary alicyclic amines) is 1. The van der Waals surface area contributed by atoms with Gasteiger partial charge >= 0.3 is 6.09 Å². The normalized spacial score (nSPS) is 16.8. The number of hydrogen-bond donors (Lipinski definition) is 0. The van der Waals surface area contributed by atoms with E-state index in [9.17, 15) is 4.79 Å². The molecule has 1 aliphatic rings. The summed E-state index contributed by atoms with van der Waals surface area (Å²) in [5.41, 5.74) is 0.645. The van der Waals surface area contributed by atoms with Gasteiger partial charge < -0.3 is 18.9 Å². The first-order valence-corrected chi connectivity index (χ1v) is 7.86. The Labute approximate surface area is 132 Å². The van der Waals surface area contributed by atoms with Crippen LogP contribution in [0.5, 0.6) is 0 Å². The molecule has 6 nitrogen and oxygen atoms in total. The smallest absolute Gasteiger partial charge is 0.410 e. The highest BCUT2D eigenvalue weighted by molar-refractivity contribution is 5.68. The van der Waals surface area contributed by atoms with Crippen LogP contribution in [0.25, 0.3) is 0 Å². The maximum absolute atomic E-state index is 12.0. The number of rotatable bonds is 4. The minimum Gasteiger partial charge on any atom is -0.444 e. The molecule has 124 valence electrons. The van der Waals surface area contributed by atoms with E-state index in [0.717, 1.165) is 38.2 Å². The van der Waals surface area contributed by atoms with Crippen molar-refractivity contribution in [2.45, 2.75) is 45.8 Å². The number of aryl methyl sites for hydroxylation is 1. The van der Waals surface area contributed by atoms with E-state index < -0.39 is 5.60 Å². The third-order valence-electron chi connectivity index (χ3n) is 3.79. The highest BCUT2D eigenvalue weighted by Gasteiger charge is 2.26. The third-order valence-corrected chi connectivity index (χ3v) is 3.79. The average Bonchev–Trinajstić information content (AvgIpc) is 2.83. The lowest BCUT2D eigenvalue weighted by Gasteiger charge is -2.33. The lowest BCUT2D eigenvalue weighted by molar-refractivity contribution is 0.0102. The van der Waals surface area contributed by atoms with Gasteiger partial charge in [-0.05, 0) is 39.5 Å². The van der Waals surface area contributed by atoms with Crippen LogP contribution in [0, 0.1) is 5.92 Å². The zero-order valence-corrected chi connectivity index (χ0v) is 14.0. The molecule has 0 unspecified atom stereocenters. The molecule has 1 fully saturated rings. The van der Waals surface area contributed by atoms with E-state index >= 15 is 0 Å². The van der Waals surface area contributed by atoms with E-state index in [2.05, 4.69) is 4.98 Å². The molecule has 6 heteroatoms. The van der Waals surface area contributed by atoms with Crippen LogP contribution in [0.4, 0.5) is 4.79 Å². The first-order chi connectivity index (χ1) is 10.3. The minimum absolute atomic E-state index is 0.207. The number of imidazole rings is 1. The van der Waals surface area contributed by atoms with Crippen molar-refractivity contribution in [2.75, 3.05) is 19.7 Å². The molecule has 0 N–H and O–H groups in total. The Hall–Kier alpha value is -1.56. The van der Waals surface area contributed by atoms with Crippen LogP contribution in [-0.4, -0.2) is 45.8 Å². The molecule has 0 saturated carbocycles. The van der Waals surface area contributed by atoms with E-state index in [4.69, 9.17) is 9.47 Å². The highest BCUT2D eigenvalue weighted by atomic mass is 16.6. The summed E-state index contributed by atoms with van der Waals surface area (Å²) in [5, 5.41) is 0. The topological polar surface area (TPSA) is 56.6 Å². The highest BCUT2D eigenvalue weighted by Crippen LogP contribution is 2.20. The molecule has 1 saturated heterocycles. The summed E-state index contributed by atoms with van der Waals surface area (Å²) < 4.78 is 13.1. The SMILES string of the molecule is Cn1cncc1COCC1CCN(C(=O)OC(C)(C)C)CC1. The van der Waals surface area contributed by atoms with Gasteiger partial charge in [0, 0.05) is 20.1 Å². The molecular formula is C16H27N3O3. The largest absolute Gasteiger partial charge is 0.444 e. The summed E-state index contributed by atoms with van der Waals surface area (Å²) in [5.74, 6) is 0.506. The summed E-state index contributed by atoms with van der Waals surface area (Å²) in [7, 11) is 1.96. The number of nitrogens with zero attached hydrogens (tertiary/aromatic N) is 3. The second-order valence-electron chi connectivity index (χ2n) is 6.92. The van der Waals surface area contributed by atoms with Crippen LogP contribution in [0.1, 0.15) is 39.3 Å².